The molecule has 166 valence electrons. The number of carboxylic acid groups (broad SMARTS) is 1. The van der Waals surface area contributed by atoms with Gasteiger partial charge in [-0.05, 0) is 49.4 Å². The molecule has 3 N–H and O–H groups in total. The third-order valence-electron chi connectivity index (χ3n) is 4.58. The molecule has 31 heavy (non-hydrogen) atoms. The lowest BCUT2D eigenvalue weighted by atomic mass is 10.1. The number of nitro benzene ring substituents is 1. The molecule has 0 saturated heterocycles. The number of carbonyl (C=O) groups excluding carboxylic acids is 1. The number of pyridine rings is 1. The molecule has 10 heteroatoms. The van der Waals surface area contributed by atoms with Gasteiger partial charge in [0, 0.05) is 42.7 Å². The molecule has 0 radical (unpaired) electrons. The predicted molar refractivity (Wildman–Crippen MR) is 118 cm³/mol. The van der Waals surface area contributed by atoms with Crippen molar-refractivity contribution in [2.24, 2.45) is 0 Å². The minimum atomic E-state index is -0.896. The summed E-state index contributed by atoms with van der Waals surface area (Å²) in [5.41, 5.74) is 1.99. The zero-order valence-corrected chi connectivity index (χ0v) is 18.0. The van der Waals surface area contributed by atoms with Crippen LogP contribution < -0.4 is 10.0 Å². The van der Waals surface area contributed by atoms with Crippen molar-refractivity contribution in [1.29, 1.82) is 0 Å². The Morgan fingerprint density at radius 3 is 2.42 bits per heavy atom. The number of nitro groups is 1. The van der Waals surface area contributed by atoms with Gasteiger partial charge in [0.2, 0.25) is 5.91 Å². The standard InChI is InChI=1S/C21H26N4O5S/c1-15(2-9-20(26)27)23-21(28)19(8-5-16-10-12-22-13-11-16)24-31-14-17-3-6-18(7-4-17)25(29)30/h3-4,6-7,10-13,15,19,24H,2,5,8-9,14H2,1H3,(H,23,28)(H,26,27). The molecule has 2 unspecified atom stereocenters. The third-order valence-corrected chi connectivity index (χ3v) is 5.51. The van der Waals surface area contributed by atoms with Crippen LogP contribution in [0, 0.1) is 10.1 Å². The number of rotatable bonds is 13. The SMILES string of the molecule is CC(CCC(=O)O)NC(=O)C(CCc1ccncc1)NSCc1ccc([N+](=O)[O-])cc1. The Bertz CT molecular complexity index is 864. The van der Waals surface area contributed by atoms with Gasteiger partial charge in [0.15, 0.2) is 0 Å². The zero-order chi connectivity index (χ0) is 22.6. The van der Waals surface area contributed by atoms with Gasteiger partial charge in [0.05, 0.1) is 11.0 Å². The summed E-state index contributed by atoms with van der Waals surface area (Å²) in [5.74, 6) is -0.554. The van der Waals surface area contributed by atoms with E-state index in [0.717, 1.165) is 11.1 Å². The highest BCUT2D eigenvalue weighted by atomic mass is 32.2. The maximum atomic E-state index is 12.8. The molecule has 0 aliphatic heterocycles. The summed E-state index contributed by atoms with van der Waals surface area (Å²) < 4.78 is 3.18. The summed E-state index contributed by atoms with van der Waals surface area (Å²) in [6.07, 6.45) is 4.98. The Kier molecular flexibility index (Phi) is 9.92. The molecule has 2 aromatic rings. The van der Waals surface area contributed by atoms with Crippen molar-refractivity contribution in [1.82, 2.24) is 15.0 Å². The van der Waals surface area contributed by atoms with Crippen molar-refractivity contribution in [3.05, 3.63) is 70.0 Å². The molecule has 1 heterocycles. The van der Waals surface area contributed by atoms with Crippen LogP contribution in [0.25, 0.3) is 0 Å². The number of hydrogen-bond acceptors (Lipinski definition) is 7. The fourth-order valence-corrected chi connectivity index (χ4v) is 3.67. The average Bonchev–Trinajstić information content (AvgIpc) is 2.75. The smallest absolute Gasteiger partial charge is 0.303 e. The highest BCUT2D eigenvalue weighted by Gasteiger charge is 2.20. The topological polar surface area (TPSA) is 134 Å². The molecule has 0 fully saturated rings. The van der Waals surface area contributed by atoms with Gasteiger partial charge in [0.25, 0.3) is 5.69 Å². The predicted octanol–water partition coefficient (Wildman–Crippen LogP) is 3.10. The van der Waals surface area contributed by atoms with Gasteiger partial charge >= 0.3 is 5.97 Å². The highest BCUT2D eigenvalue weighted by molar-refractivity contribution is 7.96. The first-order chi connectivity index (χ1) is 14.8. The molecule has 2 rings (SSSR count). The summed E-state index contributed by atoms with van der Waals surface area (Å²) >= 11 is 1.35. The van der Waals surface area contributed by atoms with Gasteiger partial charge in [-0.1, -0.05) is 24.1 Å². The van der Waals surface area contributed by atoms with Crippen molar-refractivity contribution < 1.29 is 19.6 Å². The quantitative estimate of drug-likeness (QED) is 0.243. The fraction of sp³-hybridized carbons (Fsp3) is 0.381. The molecule has 1 aromatic carbocycles. The molecular weight excluding hydrogens is 420 g/mol. The number of hydrogen-bond donors (Lipinski definition) is 3. The van der Waals surface area contributed by atoms with Gasteiger partial charge in [-0.25, -0.2) is 0 Å². The molecular formula is C21H26N4O5S. The number of nitrogens with one attached hydrogen (secondary N) is 2. The van der Waals surface area contributed by atoms with Crippen molar-refractivity contribution >= 4 is 29.5 Å². The molecule has 0 spiro atoms. The van der Waals surface area contributed by atoms with Crippen LogP contribution in [0.1, 0.15) is 37.3 Å². The normalized spacial score (nSPS) is 12.7. The number of carboxylic acids is 1. The number of nitrogens with zero attached hydrogens (tertiary/aromatic N) is 2. The average molecular weight is 447 g/mol. The van der Waals surface area contributed by atoms with Crippen molar-refractivity contribution in [3.8, 4) is 0 Å². The van der Waals surface area contributed by atoms with Gasteiger partial charge in [-0.15, -0.1) is 0 Å². The van der Waals surface area contributed by atoms with Gasteiger partial charge in [0.1, 0.15) is 0 Å². The van der Waals surface area contributed by atoms with Crippen molar-refractivity contribution in [2.45, 2.75) is 50.4 Å². The Balaban J connectivity index is 1.92. The first kappa shape index (κ1) is 24.3. The largest absolute Gasteiger partial charge is 0.481 e. The fourth-order valence-electron chi connectivity index (χ4n) is 2.80. The summed E-state index contributed by atoms with van der Waals surface area (Å²) in [4.78, 5) is 37.8. The van der Waals surface area contributed by atoms with Crippen LogP contribution >= 0.6 is 11.9 Å². The number of benzene rings is 1. The van der Waals surface area contributed by atoms with Gasteiger partial charge in [-0.2, -0.15) is 0 Å². The molecule has 0 bridgehead atoms. The van der Waals surface area contributed by atoms with Crippen LogP contribution in [0.3, 0.4) is 0 Å². The molecule has 0 saturated carbocycles. The molecule has 1 amide bonds. The molecule has 1 aromatic heterocycles. The number of aliphatic carboxylic acids is 1. The Morgan fingerprint density at radius 2 is 1.81 bits per heavy atom. The van der Waals surface area contributed by atoms with E-state index in [9.17, 15) is 19.7 Å². The van der Waals surface area contributed by atoms with Crippen LogP contribution in [0.2, 0.25) is 0 Å². The lowest BCUT2D eigenvalue weighted by Crippen LogP contribution is -2.45. The Hall–Kier alpha value is -2.98. The van der Waals surface area contributed by atoms with E-state index < -0.39 is 16.9 Å². The van der Waals surface area contributed by atoms with Crippen LogP contribution in [-0.4, -0.2) is 39.0 Å². The maximum Gasteiger partial charge on any atom is 0.303 e. The van der Waals surface area contributed by atoms with E-state index in [-0.39, 0.29) is 24.1 Å². The van der Waals surface area contributed by atoms with E-state index in [0.29, 0.717) is 25.0 Å². The van der Waals surface area contributed by atoms with E-state index in [1.807, 2.05) is 12.1 Å². The lowest BCUT2D eigenvalue weighted by molar-refractivity contribution is -0.384. The van der Waals surface area contributed by atoms with E-state index in [1.165, 1.54) is 24.1 Å². The van der Waals surface area contributed by atoms with E-state index in [4.69, 9.17) is 5.11 Å². The molecule has 9 nitrogen and oxygen atoms in total. The molecule has 0 aliphatic carbocycles. The van der Waals surface area contributed by atoms with Crippen LogP contribution in [-0.2, 0) is 21.8 Å². The zero-order valence-electron chi connectivity index (χ0n) is 17.2. The number of aromatic nitrogens is 1. The minimum absolute atomic E-state index is 0.00848. The monoisotopic (exact) mass is 446 g/mol. The number of non-ortho nitro benzene ring substituents is 1. The van der Waals surface area contributed by atoms with Gasteiger partial charge in [-0.3, -0.25) is 29.4 Å². The third kappa shape index (κ3) is 9.14. The Morgan fingerprint density at radius 1 is 1.13 bits per heavy atom. The highest BCUT2D eigenvalue weighted by Crippen LogP contribution is 2.16. The van der Waals surface area contributed by atoms with E-state index in [2.05, 4.69) is 15.0 Å². The van der Waals surface area contributed by atoms with Crippen LogP contribution in [0.5, 0.6) is 0 Å². The summed E-state index contributed by atoms with van der Waals surface area (Å²) in [7, 11) is 0. The summed E-state index contributed by atoms with van der Waals surface area (Å²) in [6.45, 7) is 1.78. The second kappa shape index (κ2) is 12.7. The molecule has 2 atom stereocenters. The maximum absolute atomic E-state index is 12.8. The number of aryl methyl sites for hydroxylation is 1. The molecule has 0 aliphatic rings. The van der Waals surface area contributed by atoms with Crippen molar-refractivity contribution in [3.63, 3.8) is 0 Å². The van der Waals surface area contributed by atoms with Crippen LogP contribution in [0.4, 0.5) is 5.69 Å². The number of amides is 1. The van der Waals surface area contributed by atoms with Crippen molar-refractivity contribution in [2.75, 3.05) is 0 Å². The van der Waals surface area contributed by atoms with E-state index >= 15 is 0 Å². The summed E-state index contributed by atoms with van der Waals surface area (Å²) in [6, 6.07) is 9.33. The second-order valence-corrected chi connectivity index (χ2v) is 7.93. The Labute approximate surface area is 184 Å². The second-order valence-electron chi connectivity index (χ2n) is 7.12. The minimum Gasteiger partial charge on any atom is -0.481 e. The summed E-state index contributed by atoms with van der Waals surface area (Å²) in [5, 5.41) is 22.5. The first-order valence-electron chi connectivity index (χ1n) is 9.87. The van der Waals surface area contributed by atoms with Gasteiger partial charge < -0.3 is 10.4 Å². The number of carbonyl (C=O) groups is 2. The van der Waals surface area contributed by atoms with Crippen LogP contribution in [0.15, 0.2) is 48.8 Å². The first-order valence-corrected chi connectivity index (χ1v) is 10.9. The van der Waals surface area contributed by atoms with E-state index in [1.54, 1.807) is 31.5 Å². The lowest BCUT2D eigenvalue weighted by Gasteiger charge is -2.21.